The van der Waals surface area contributed by atoms with Crippen molar-refractivity contribution in [2.24, 2.45) is 0 Å². The van der Waals surface area contributed by atoms with Gasteiger partial charge in [0.25, 0.3) is 0 Å². The Kier molecular flexibility index (Phi) is 3.67. The second kappa shape index (κ2) is 5.81. The molecule has 1 saturated carbocycles. The van der Waals surface area contributed by atoms with E-state index in [0.29, 0.717) is 6.04 Å². The van der Waals surface area contributed by atoms with E-state index in [9.17, 15) is 5.11 Å². The lowest BCUT2D eigenvalue weighted by Gasteiger charge is -2.15. The summed E-state index contributed by atoms with van der Waals surface area (Å²) in [5.41, 5.74) is 1.59. The summed E-state index contributed by atoms with van der Waals surface area (Å²) in [6.45, 7) is 0.0621. The van der Waals surface area contributed by atoms with Crippen molar-refractivity contribution in [2.75, 3.05) is 11.9 Å². The fourth-order valence-electron chi connectivity index (χ4n) is 3.46. The molecule has 0 amide bonds. The monoisotopic (exact) mass is 303 g/mol. The molecule has 2 aromatic rings. The molecule has 2 aliphatic rings. The lowest BCUT2D eigenvalue weighted by molar-refractivity contribution is -0.0207. The van der Waals surface area contributed by atoms with Gasteiger partial charge in [0.1, 0.15) is 12.6 Å². The first kappa shape index (κ1) is 13.9. The van der Waals surface area contributed by atoms with Gasteiger partial charge >= 0.3 is 0 Å². The summed E-state index contributed by atoms with van der Waals surface area (Å²) in [4.78, 5) is 13.2. The third kappa shape index (κ3) is 2.44. The third-order valence-corrected chi connectivity index (χ3v) is 4.65. The van der Waals surface area contributed by atoms with Gasteiger partial charge in [-0.3, -0.25) is 4.57 Å². The van der Waals surface area contributed by atoms with Crippen LogP contribution >= 0.6 is 0 Å². The molecule has 2 N–H and O–H groups in total. The first-order chi connectivity index (χ1) is 10.8. The number of anilines is 1. The van der Waals surface area contributed by atoms with Crippen LogP contribution in [0.1, 0.15) is 44.8 Å². The summed E-state index contributed by atoms with van der Waals surface area (Å²) in [6, 6.07) is 0.491. The van der Waals surface area contributed by atoms with Crippen LogP contribution in [0.3, 0.4) is 0 Å². The molecule has 1 aliphatic carbocycles. The number of fused-ring (bicyclic) bond motifs is 1. The van der Waals surface area contributed by atoms with Gasteiger partial charge < -0.3 is 15.2 Å². The number of nitrogens with zero attached hydrogens (tertiary/aromatic N) is 4. The number of nitrogens with one attached hydrogen (secondary N) is 1. The number of imidazole rings is 1. The number of aliphatic hydroxyl groups is 1. The smallest absolute Gasteiger partial charge is 0.167 e. The third-order valence-electron chi connectivity index (χ3n) is 4.65. The molecule has 118 valence electrons. The van der Waals surface area contributed by atoms with E-state index >= 15 is 0 Å². The zero-order valence-electron chi connectivity index (χ0n) is 12.5. The van der Waals surface area contributed by atoms with Crippen molar-refractivity contribution in [1.82, 2.24) is 19.5 Å². The second-order valence-corrected chi connectivity index (χ2v) is 6.14. The maximum atomic E-state index is 9.21. The topological polar surface area (TPSA) is 85.1 Å². The molecule has 22 heavy (non-hydrogen) atoms. The molecular weight excluding hydrogens is 282 g/mol. The standard InChI is InChI=1S/C15H21N5O2/c21-7-11-5-6-12(22-11)20-9-18-13-14(16-8-17-15(13)20)19-10-3-1-2-4-10/h8-12,21H,1-7H2,(H,16,17,19)/t11-,12+/m0/s1. The van der Waals surface area contributed by atoms with E-state index in [0.717, 1.165) is 29.8 Å². The molecule has 2 atom stereocenters. The number of aromatic nitrogens is 4. The van der Waals surface area contributed by atoms with Crippen LogP contribution < -0.4 is 5.32 Å². The van der Waals surface area contributed by atoms with Crippen LogP contribution in [0.15, 0.2) is 12.7 Å². The van der Waals surface area contributed by atoms with Gasteiger partial charge in [0, 0.05) is 6.04 Å². The van der Waals surface area contributed by atoms with Gasteiger partial charge in [-0.15, -0.1) is 0 Å². The van der Waals surface area contributed by atoms with Crippen molar-refractivity contribution in [1.29, 1.82) is 0 Å². The van der Waals surface area contributed by atoms with Gasteiger partial charge in [-0.1, -0.05) is 12.8 Å². The van der Waals surface area contributed by atoms with E-state index in [4.69, 9.17) is 4.74 Å². The Morgan fingerprint density at radius 2 is 2.05 bits per heavy atom. The summed E-state index contributed by atoms with van der Waals surface area (Å²) >= 11 is 0. The molecule has 7 heteroatoms. The first-order valence-electron chi connectivity index (χ1n) is 8.05. The van der Waals surface area contributed by atoms with Gasteiger partial charge in [0.15, 0.2) is 17.0 Å². The Labute approximate surface area is 128 Å². The van der Waals surface area contributed by atoms with Crippen molar-refractivity contribution < 1.29 is 9.84 Å². The quantitative estimate of drug-likeness (QED) is 0.896. The van der Waals surface area contributed by atoms with Gasteiger partial charge in [-0.2, -0.15) is 0 Å². The van der Waals surface area contributed by atoms with Crippen LogP contribution in [0.4, 0.5) is 5.82 Å². The highest BCUT2D eigenvalue weighted by atomic mass is 16.5. The van der Waals surface area contributed by atoms with Crippen molar-refractivity contribution in [3.63, 3.8) is 0 Å². The van der Waals surface area contributed by atoms with E-state index in [1.54, 1.807) is 12.7 Å². The number of ether oxygens (including phenoxy) is 1. The van der Waals surface area contributed by atoms with Crippen molar-refractivity contribution in [3.05, 3.63) is 12.7 Å². The summed E-state index contributed by atoms with van der Waals surface area (Å²) in [6.07, 6.45) is 9.83. The molecule has 0 bridgehead atoms. The number of aliphatic hydroxyl groups excluding tert-OH is 1. The van der Waals surface area contributed by atoms with Crippen LogP contribution in [-0.4, -0.2) is 43.4 Å². The fourth-order valence-corrected chi connectivity index (χ4v) is 3.46. The molecule has 2 fully saturated rings. The Hall–Kier alpha value is -1.73. The molecule has 1 aliphatic heterocycles. The van der Waals surface area contributed by atoms with E-state index in [-0.39, 0.29) is 18.9 Å². The molecule has 0 radical (unpaired) electrons. The molecule has 7 nitrogen and oxygen atoms in total. The number of hydrogen-bond acceptors (Lipinski definition) is 6. The first-order valence-corrected chi connectivity index (χ1v) is 8.05. The minimum absolute atomic E-state index is 0.0621. The molecule has 0 unspecified atom stereocenters. The molecule has 1 saturated heterocycles. The van der Waals surface area contributed by atoms with Crippen LogP contribution in [0.25, 0.3) is 11.2 Å². The second-order valence-electron chi connectivity index (χ2n) is 6.14. The highest BCUT2D eigenvalue weighted by molar-refractivity contribution is 5.82. The fraction of sp³-hybridized carbons (Fsp3) is 0.667. The van der Waals surface area contributed by atoms with E-state index < -0.39 is 0 Å². The highest BCUT2D eigenvalue weighted by Gasteiger charge is 2.28. The summed E-state index contributed by atoms with van der Waals surface area (Å²) in [7, 11) is 0. The average molecular weight is 303 g/mol. The van der Waals surface area contributed by atoms with E-state index in [1.165, 1.54) is 25.7 Å². The van der Waals surface area contributed by atoms with Gasteiger partial charge in [0.2, 0.25) is 0 Å². The van der Waals surface area contributed by atoms with Crippen molar-refractivity contribution >= 4 is 17.0 Å². The maximum Gasteiger partial charge on any atom is 0.167 e. The van der Waals surface area contributed by atoms with Gasteiger partial charge in [-0.05, 0) is 25.7 Å². The molecule has 0 spiro atoms. The molecule has 4 rings (SSSR count). The SMILES string of the molecule is OC[C@@H]1CC[C@H](n2cnc3c(NC4CCCC4)ncnc32)O1. The maximum absolute atomic E-state index is 9.21. The summed E-state index contributed by atoms with van der Waals surface area (Å²) in [5, 5.41) is 12.7. The van der Waals surface area contributed by atoms with Crippen LogP contribution in [0.5, 0.6) is 0 Å². The predicted molar refractivity (Wildman–Crippen MR) is 81.4 cm³/mol. The summed E-state index contributed by atoms with van der Waals surface area (Å²) in [5.74, 6) is 0.812. The minimum Gasteiger partial charge on any atom is -0.394 e. The van der Waals surface area contributed by atoms with Crippen molar-refractivity contribution in [2.45, 2.75) is 56.9 Å². The van der Waals surface area contributed by atoms with Crippen LogP contribution in [0, 0.1) is 0 Å². The van der Waals surface area contributed by atoms with E-state index in [1.807, 2.05) is 4.57 Å². The zero-order valence-corrected chi connectivity index (χ0v) is 12.5. The largest absolute Gasteiger partial charge is 0.394 e. The Morgan fingerprint density at radius 1 is 1.18 bits per heavy atom. The normalized spacial score (nSPS) is 26.0. The number of hydrogen-bond donors (Lipinski definition) is 2. The highest BCUT2D eigenvalue weighted by Crippen LogP contribution is 2.31. The Balaban J connectivity index is 1.62. The Bertz CT molecular complexity index is 652. The molecule has 3 heterocycles. The summed E-state index contributed by atoms with van der Waals surface area (Å²) < 4.78 is 7.78. The van der Waals surface area contributed by atoms with E-state index in [2.05, 4.69) is 20.3 Å². The van der Waals surface area contributed by atoms with Gasteiger partial charge in [-0.25, -0.2) is 15.0 Å². The van der Waals surface area contributed by atoms with Gasteiger partial charge in [0.05, 0.1) is 19.0 Å². The van der Waals surface area contributed by atoms with Crippen molar-refractivity contribution in [3.8, 4) is 0 Å². The number of rotatable bonds is 4. The minimum atomic E-state index is -0.101. The lowest BCUT2D eigenvalue weighted by atomic mass is 10.2. The Morgan fingerprint density at radius 3 is 2.82 bits per heavy atom. The van der Waals surface area contributed by atoms with Crippen LogP contribution in [0.2, 0.25) is 0 Å². The van der Waals surface area contributed by atoms with Crippen LogP contribution in [-0.2, 0) is 4.74 Å². The predicted octanol–water partition coefficient (Wildman–Crippen LogP) is 1.85. The zero-order chi connectivity index (χ0) is 14.9. The molecule has 0 aromatic carbocycles. The molecular formula is C15H21N5O2. The molecule has 2 aromatic heterocycles. The average Bonchev–Trinajstić information content (AvgIpc) is 3.27. The lowest BCUT2D eigenvalue weighted by Crippen LogP contribution is -2.16.